The van der Waals surface area contributed by atoms with Crippen LogP contribution in [0.1, 0.15) is 26.7 Å². The van der Waals surface area contributed by atoms with E-state index in [0.29, 0.717) is 24.2 Å². The Bertz CT molecular complexity index is 827. The van der Waals surface area contributed by atoms with Gasteiger partial charge in [-0.05, 0) is 45.9 Å². The van der Waals surface area contributed by atoms with Crippen molar-refractivity contribution in [3.05, 3.63) is 30.3 Å². The van der Waals surface area contributed by atoms with Crippen molar-refractivity contribution in [1.82, 2.24) is 15.3 Å². The van der Waals surface area contributed by atoms with E-state index in [0.717, 1.165) is 43.3 Å². The maximum atomic E-state index is 9.90. The van der Waals surface area contributed by atoms with Crippen LogP contribution in [0.2, 0.25) is 0 Å². The number of likely N-dealkylation sites (N-methyl/N-ethyl adjacent to an activating group) is 1. The van der Waals surface area contributed by atoms with Crippen molar-refractivity contribution in [3.63, 3.8) is 0 Å². The Morgan fingerprint density at radius 3 is 2.71 bits per heavy atom. The van der Waals surface area contributed by atoms with E-state index >= 15 is 0 Å². The maximum Gasteiger partial charge on any atom is 0.163 e. The summed E-state index contributed by atoms with van der Waals surface area (Å²) in [5.41, 5.74) is 0.870. The lowest BCUT2D eigenvalue weighted by molar-refractivity contribution is 0.0853. The van der Waals surface area contributed by atoms with Crippen LogP contribution >= 0.6 is 0 Å². The Morgan fingerprint density at radius 2 is 2.00 bits per heavy atom. The maximum absolute atomic E-state index is 9.90. The molecule has 0 aliphatic carbocycles. The minimum absolute atomic E-state index is 0.220. The van der Waals surface area contributed by atoms with Crippen LogP contribution in [0.15, 0.2) is 30.3 Å². The summed E-state index contributed by atoms with van der Waals surface area (Å²) in [5.74, 6) is 3.00. The van der Waals surface area contributed by atoms with Gasteiger partial charge in [0.05, 0.1) is 0 Å². The number of hydrogen-bond donors (Lipinski definition) is 3. The number of aliphatic hydroxyl groups excluding tert-OH is 1. The highest BCUT2D eigenvalue weighted by atomic mass is 16.5. The van der Waals surface area contributed by atoms with Gasteiger partial charge in [0.1, 0.15) is 30.1 Å². The normalized spacial score (nSPS) is 15.7. The molecule has 3 N–H and O–H groups in total. The van der Waals surface area contributed by atoms with Gasteiger partial charge in [-0.2, -0.15) is 0 Å². The fourth-order valence-corrected chi connectivity index (χ4v) is 3.59. The average Bonchev–Trinajstić information content (AvgIpc) is 2.77. The van der Waals surface area contributed by atoms with Gasteiger partial charge in [0.25, 0.3) is 0 Å². The summed E-state index contributed by atoms with van der Waals surface area (Å²) in [7, 11) is 3.89. The lowest BCUT2D eigenvalue weighted by atomic mass is 10.1. The summed E-state index contributed by atoms with van der Waals surface area (Å²) in [5, 5.41) is 16.2. The molecule has 2 heterocycles. The van der Waals surface area contributed by atoms with E-state index in [9.17, 15) is 5.11 Å². The molecule has 1 unspecified atom stereocenters. The summed E-state index contributed by atoms with van der Waals surface area (Å²) >= 11 is 0. The van der Waals surface area contributed by atoms with Gasteiger partial charge in [-0.3, -0.25) is 0 Å². The third-order valence-corrected chi connectivity index (χ3v) is 5.22. The van der Waals surface area contributed by atoms with Gasteiger partial charge < -0.3 is 30.1 Å². The number of ether oxygens (including phenoxy) is 2. The molecule has 1 saturated heterocycles. The Kier molecular flexibility index (Phi) is 8.45. The van der Waals surface area contributed by atoms with Gasteiger partial charge in [0.15, 0.2) is 5.82 Å². The molecule has 2 aromatic rings. The third kappa shape index (κ3) is 6.78. The minimum Gasteiger partial charge on any atom is -0.491 e. The van der Waals surface area contributed by atoms with E-state index in [4.69, 9.17) is 19.4 Å². The van der Waals surface area contributed by atoms with Crippen LogP contribution in [0.4, 0.5) is 11.6 Å². The molecular formula is C23H35N5O3. The number of aromatic nitrogens is 2. The molecule has 31 heavy (non-hydrogen) atoms. The van der Waals surface area contributed by atoms with E-state index in [1.807, 2.05) is 30.3 Å². The van der Waals surface area contributed by atoms with E-state index in [-0.39, 0.29) is 12.6 Å². The Hall–Kier alpha value is -2.42. The van der Waals surface area contributed by atoms with Gasteiger partial charge in [0, 0.05) is 50.5 Å². The van der Waals surface area contributed by atoms with Crippen molar-refractivity contribution in [2.45, 2.75) is 44.9 Å². The first-order chi connectivity index (χ1) is 15.0. The molecule has 0 radical (unpaired) electrons. The lowest BCUT2D eigenvalue weighted by Gasteiger charge is -2.32. The first kappa shape index (κ1) is 23.2. The van der Waals surface area contributed by atoms with E-state index in [1.54, 1.807) is 7.05 Å². The van der Waals surface area contributed by atoms with Crippen molar-refractivity contribution >= 4 is 11.6 Å². The van der Waals surface area contributed by atoms with Gasteiger partial charge in [-0.25, -0.2) is 9.97 Å². The van der Waals surface area contributed by atoms with Crippen molar-refractivity contribution in [2.24, 2.45) is 0 Å². The molecule has 0 bridgehead atoms. The first-order valence-corrected chi connectivity index (χ1v) is 11.0. The molecule has 0 spiro atoms. The second-order valence-corrected chi connectivity index (χ2v) is 8.24. The zero-order valence-corrected chi connectivity index (χ0v) is 19.0. The van der Waals surface area contributed by atoms with Crippen LogP contribution in [0.25, 0.3) is 11.4 Å². The number of anilines is 2. The minimum atomic E-state index is -0.566. The zero-order valence-electron chi connectivity index (χ0n) is 19.0. The topological polar surface area (TPSA) is 91.8 Å². The monoisotopic (exact) mass is 429 g/mol. The van der Waals surface area contributed by atoms with Gasteiger partial charge >= 0.3 is 0 Å². The second-order valence-electron chi connectivity index (χ2n) is 8.24. The van der Waals surface area contributed by atoms with Crippen LogP contribution < -0.4 is 20.3 Å². The predicted octanol–water partition coefficient (Wildman–Crippen LogP) is 2.54. The predicted molar refractivity (Wildman–Crippen MR) is 124 cm³/mol. The van der Waals surface area contributed by atoms with Crippen LogP contribution in [-0.4, -0.2) is 73.7 Å². The molecule has 8 heteroatoms. The second kappa shape index (κ2) is 11.3. The lowest BCUT2D eigenvalue weighted by Crippen LogP contribution is -2.37. The summed E-state index contributed by atoms with van der Waals surface area (Å²) < 4.78 is 11.3. The highest BCUT2D eigenvalue weighted by Gasteiger charge is 2.21. The summed E-state index contributed by atoms with van der Waals surface area (Å²) in [6.45, 7) is 6.44. The molecule has 1 atom stereocenters. The summed E-state index contributed by atoms with van der Waals surface area (Å²) in [6.07, 6.45) is 1.41. The molecule has 1 aliphatic rings. The van der Waals surface area contributed by atoms with Crippen molar-refractivity contribution in [2.75, 3.05) is 50.7 Å². The molecular weight excluding hydrogens is 394 g/mol. The van der Waals surface area contributed by atoms with E-state index in [1.165, 1.54) is 0 Å². The van der Waals surface area contributed by atoms with Gasteiger partial charge in [-0.15, -0.1) is 0 Å². The Balaban J connectivity index is 1.86. The summed E-state index contributed by atoms with van der Waals surface area (Å²) in [6, 6.07) is 10.3. The Morgan fingerprint density at radius 1 is 1.23 bits per heavy atom. The fraction of sp³-hybridized carbons (Fsp3) is 0.565. The van der Waals surface area contributed by atoms with E-state index < -0.39 is 6.10 Å². The number of aliphatic hydroxyl groups is 1. The molecule has 1 fully saturated rings. The fourth-order valence-electron chi connectivity index (χ4n) is 3.59. The number of rotatable bonds is 10. The molecule has 1 aliphatic heterocycles. The van der Waals surface area contributed by atoms with E-state index in [2.05, 4.69) is 36.4 Å². The van der Waals surface area contributed by atoms with Gasteiger partial charge in [-0.1, -0.05) is 12.1 Å². The zero-order chi connectivity index (χ0) is 22.2. The molecule has 0 amide bonds. The average molecular weight is 430 g/mol. The first-order valence-electron chi connectivity index (χ1n) is 11.0. The van der Waals surface area contributed by atoms with Crippen molar-refractivity contribution < 1.29 is 14.6 Å². The molecule has 3 rings (SSSR count). The highest BCUT2D eigenvalue weighted by Crippen LogP contribution is 2.27. The van der Waals surface area contributed by atoms with Crippen molar-refractivity contribution in [3.8, 4) is 17.1 Å². The van der Waals surface area contributed by atoms with Crippen LogP contribution in [0.5, 0.6) is 5.75 Å². The molecule has 1 aromatic carbocycles. The quantitative estimate of drug-likeness (QED) is 0.531. The van der Waals surface area contributed by atoms with Gasteiger partial charge in [0.2, 0.25) is 0 Å². The smallest absolute Gasteiger partial charge is 0.163 e. The SMILES string of the molecule is CNCC(O)COc1cccc(-c2nc(NC(C)C)cc(N(C)C3CCOCC3)n2)c1. The number of hydrogen-bond acceptors (Lipinski definition) is 8. The van der Waals surface area contributed by atoms with Crippen molar-refractivity contribution in [1.29, 1.82) is 0 Å². The number of nitrogens with zero attached hydrogens (tertiary/aromatic N) is 3. The van der Waals surface area contributed by atoms with Crippen LogP contribution in [0, 0.1) is 0 Å². The third-order valence-electron chi connectivity index (χ3n) is 5.22. The molecule has 1 aromatic heterocycles. The summed E-state index contributed by atoms with van der Waals surface area (Å²) in [4.78, 5) is 11.8. The Labute approximate surface area is 185 Å². The van der Waals surface area contributed by atoms with Crippen LogP contribution in [-0.2, 0) is 4.74 Å². The molecule has 0 saturated carbocycles. The largest absolute Gasteiger partial charge is 0.491 e. The highest BCUT2D eigenvalue weighted by molar-refractivity contribution is 5.63. The number of benzene rings is 1. The van der Waals surface area contributed by atoms with Crippen LogP contribution in [0.3, 0.4) is 0 Å². The molecule has 170 valence electrons. The number of nitrogens with one attached hydrogen (secondary N) is 2. The standard InChI is InChI=1S/C23H35N5O3/c1-16(2)25-21-13-22(28(4)18-8-10-30-11-9-18)27-23(26-21)17-6-5-7-20(12-17)31-15-19(29)14-24-3/h5-7,12-13,16,18-19,24,29H,8-11,14-15H2,1-4H3,(H,25,26,27). The molecule has 8 nitrogen and oxygen atoms in total.